The lowest BCUT2D eigenvalue weighted by atomic mass is 10.3. The Morgan fingerprint density at radius 3 is 2.92 bits per heavy atom. The summed E-state index contributed by atoms with van der Waals surface area (Å²) >= 11 is 9.96. The van der Waals surface area contributed by atoms with Crippen LogP contribution in [0.1, 0.15) is 0 Å². The number of nitrogens with one attached hydrogen (secondary N) is 2. The number of benzene rings is 1. The van der Waals surface area contributed by atoms with Gasteiger partial charge in [-0.25, -0.2) is 5.84 Å². The Hall–Kier alpha value is -1.04. The third-order valence-electron chi connectivity index (χ3n) is 1.31. The highest BCUT2D eigenvalue weighted by atomic mass is 35.5. The summed E-state index contributed by atoms with van der Waals surface area (Å²) in [7, 11) is 0. The van der Waals surface area contributed by atoms with Gasteiger partial charge in [0.1, 0.15) is 17.6 Å². The Kier molecular flexibility index (Phi) is 3.75. The van der Waals surface area contributed by atoms with Crippen molar-refractivity contribution >= 4 is 34.9 Å². The van der Waals surface area contributed by atoms with Crippen molar-refractivity contribution < 1.29 is 4.29 Å². The van der Waals surface area contributed by atoms with E-state index in [0.717, 1.165) is 5.69 Å². The Bertz CT molecular complexity index is 308. The van der Waals surface area contributed by atoms with E-state index < -0.39 is 0 Å². The lowest BCUT2D eigenvalue weighted by molar-refractivity contribution is 0.620. The van der Waals surface area contributed by atoms with Gasteiger partial charge in [-0.2, -0.15) is 0 Å². The molecule has 0 bridgehead atoms. The van der Waals surface area contributed by atoms with Gasteiger partial charge in [0.2, 0.25) is 0 Å². The molecule has 70 valence electrons. The fourth-order valence-electron chi connectivity index (χ4n) is 0.789. The summed E-state index contributed by atoms with van der Waals surface area (Å²) in [6.07, 6.45) is 0. The lowest BCUT2D eigenvalue weighted by Gasteiger charge is -2.06. The number of anilines is 1. The molecule has 0 aliphatic carbocycles. The smallest absolute Gasteiger partial charge is 0.185 e. The largest absolute Gasteiger partial charge is 0.386 e. The van der Waals surface area contributed by atoms with Crippen molar-refractivity contribution in [3.8, 4) is 5.75 Å². The number of rotatable bonds is 2. The Labute approximate surface area is 86.2 Å². The van der Waals surface area contributed by atoms with E-state index in [4.69, 9.17) is 29.9 Å². The summed E-state index contributed by atoms with van der Waals surface area (Å²) in [5.74, 6) is 5.61. The van der Waals surface area contributed by atoms with Crippen LogP contribution < -0.4 is 20.9 Å². The van der Waals surface area contributed by atoms with E-state index in [1.165, 1.54) is 0 Å². The number of nitrogens with two attached hydrogens (primary N) is 1. The van der Waals surface area contributed by atoms with E-state index in [-0.39, 0.29) is 0 Å². The maximum Gasteiger partial charge on any atom is 0.185 e. The van der Waals surface area contributed by atoms with Crippen LogP contribution in [-0.4, -0.2) is 5.11 Å². The zero-order valence-corrected chi connectivity index (χ0v) is 8.15. The molecule has 0 saturated heterocycles. The summed E-state index contributed by atoms with van der Waals surface area (Å²) in [5, 5.41) is 3.15. The SMILES string of the molecule is NNC(=S)Nc1cccc(OCl)c1. The molecule has 4 N–H and O–H groups in total. The van der Waals surface area contributed by atoms with Crippen molar-refractivity contribution in [2.24, 2.45) is 5.84 Å². The quantitative estimate of drug-likeness (QED) is 0.397. The molecule has 0 unspecified atom stereocenters. The van der Waals surface area contributed by atoms with Gasteiger partial charge < -0.3 is 15.0 Å². The van der Waals surface area contributed by atoms with Gasteiger partial charge in [-0.1, -0.05) is 6.07 Å². The van der Waals surface area contributed by atoms with Gasteiger partial charge in [-0.3, -0.25) is 0 Å². The molecule has 0 aromatic heterocycles. The number of thiocarbonyl (C=S) groups is 1. The van der Waals surface area contributed by atoms with Gasteiger partial charge in [0.25, 0.3) is 0 Å². The first-order valence-electron chi connectivity index (χ1n) is 3.42. The molecular formula is C7H8ClN3OS. The minimum atomic E-state index is 0.326. The standard InChI is InChI=1S/C7H8ClN3OS/c8-12-6-3-1-2-5(4-6)10-7(13)11-9/h1-4H,9H2,(H2,10,11,13). The molecule has 0 saturated carbocycles. The summed E-state index contributed by atoms with van der Waals surface area (Å²) in [6, 6.07) is 7.00. The average Bonchev–Trinajstić information content (AvgIpc) is 2.18. The van der Waals surface area contributed by atoms with Gasteiger partial charge in [0.05, 0.1) is 0 Å². The molecule has 0 aliphatic rings. The maximum atomic E-state index is 5.17. The minimum Gasteiger partial charge on any atom is -0.386 e. The molecule has 1 aromatic carbocycles. The number of halogens is 1. The highest BCUT2D eigenvalue weighted by molar-refractivity contribution is 7.80. The van der Waals surface area contributed by atoms with Crippen LogP contribution in [0, 0.1) is 0 Å². The predicted octanol–water partition coefficient (Wildman–Crippen LogP) is 1.38. The Morgan fingerprint density at radius 2 is 2.31 bits per heavy atom. The third kappa shape index (κ3) is 3.06. The van der Waals surface area contributed by atoms with Gasteiger partial charge in [-0.05, 0) is 24.4 Å². The molecule has 6 heteroatoms. The van der Waals surface area contributed by atoms with Crippen molar-refractivity contribution in [1.82, 2.24) is 5.43 Å². The molecule has 0 amide bonds. The van der Waals surface area contributed by atoms with Gasteiger partial charge in [0, 0.05) is 11.8 Å². The van der Waals surface area contributed by atoms with E-state index in [0.29, 0.717) is 10.9 Å². The van der Waals surface area contributed by atoms with Crippen molar-refractivity contribution in [3.63, 3.8) is 0 Å². The van der Waals surface area contributed by atoms with E-state index >= 15 is 0 Å². The second-order valence-corrected chi connectivity index (χ2v) is 2.77. The highest BCUT2D eigenvalue weighted by Crippen LogP contribution is 2.17. The zero-order valence-electron chi connectivity index (χ0n) is 6.58. The van der Waals surface area contributed by atoms with Gasteiger partial charge in [-0.15, -0.1) is 0 Å². The van der Waals surface area contributed by atoms with Crippen LogP contribution in [-0.2, 0) is 0 Å². The maximum absolute atomic E-state index is 5.17. The highest BCUT2D eigenvalue weighted by Gasteiger charge is 1.97. The third-order valence-corrected chi connectivity index (χ3v) is 1.71. The zero-order chi connectivity index (χ0) is 9.68. The number of hydrogen-bond acceptors (Lipinski definition) is 3. The first-order chi connectivity index (χ1) is 6.26. The molecule has 1 aromatic rings. The van der Waals surface area contributed by atoms with Crippen molar-refractivity contribution in [1.29, 1.82) is 0 Å². The monoisotopic (exact) mass is 217 g/mol. The molecule has 0 spiro atoms. The second-order valence-electron chi connectivity index (χ2n) is 2.20. The first-order valence-corrected chi connectivity index (χ1v) is 4.14. The van der Waals surface area contributed by atoms with Crippen LogP contribution in [0.15, 0.2) is 24.3 Å². The van der Waals surface area contributed by atoms with Crippen molar-refractivity contribution in [2.75, 3.05) is 5.32 Å². The van der Waals surface area contributed by atoms with Crippen molar-refractivity contribution in [3.05, 3.63) is 24.3 Å². The molecule has 0 atom stereocenters. The second kappa shape index (κ2) is 4.86. The summed E-state index contributed by atoms with van der Waals surface area (Å²) in [6.45, 7) is 0. The van der Waals surface area contributed by atoms with E-state index in [1.807, 2.05) is 6.07 Å². The first kappa shape index (κ1) is 10.0. The van der Waals surface area contributed by atoms with Crippen LogP contribution in [0.25, 0.3) is 0 Å². The molecule has 13 heavy (non-hydrogen) atoms. The minimum absolute atomic E-state index is 0.326. The topological polar surface area (TPSA) is 59.3 Å². The molecule has 0 aliphatic heterocycles. The van der Waals surface area contributed by atoms with Crippen LogP contribution in [0.2, 0.25) is 0 Å². The fraction of sp³-hybridized carbons (Fsp3) is 0. The molecule has 0 radical (unpaired) electrons. The van der Waals surface area contributed by atoms with Crippen molar-refractivity contribution in [2.45, 2.75) is 0 Å². The number of hydrogen-bond donors (Lipinski definition) is 3. The van der Waals surface area contributed by atoms with E-state index in [1.54, 1.807) is 18.2 Å². The van der Waals surface area contributed by atoms with Crippen LogP contribution >= 0.6 is 24.1 Å². The molecule has 0 fully saturated rings. The van der Waals surface area contributed by atoms with Gasteiger partial charge in [0.15, 0.2) is 5.11 Å². The summed E-state index contributed by atoms with van der Waals surface area (Å²) in [4.78, 5) is 0. The van der Waals surface area contributed by atoms with Crippen LogP contribution in [0.4, 0.5) is 5.69 Å². The van der Waals surface area contributed by atoms with Crippen LogP contribution in [0.5, 0.6) is 5.75 Å². The molecular weight excluding hydrogens is 210 g/mol. The molecule has 1 rings (SSSR count). The van der Waals surface area contributed by atoms with E-state index in [2.05, 4.69) is 15.0 Å². The lowest BCUT2D eigenvalue weighted by Crippen LogP contribution is -2.34. The predicted molar refractivity (Wildman–Crippen MR) is 56.5 cm³/mol. The number of hydrazine groups is 1. The van der Waals surface area contributed by atoms with E-state index in [9.17, 15) is 0 Å². The fourth-order valence-corrected chi connectivity index (χ4v) is 1.00. The normalized spacial score (nSPS) is 9.08. The Morgan fingerprint density at radius 1 is 1.54 bits per heavy atom. The Balaban J connectivity index is 2.71. The summed E-state index contributed by atoms with van der Waals surface area (Å²) < 4.78 is 4.51. The van der Waals surface area contributed by atoms with Gasteiger partial charge >= 0.3 is 0 Å². The average molecular weight is 218 g/mol. The molecule has 4 nitrogen and oxygen atoms in total. The summed E-state index contributed by atoms with van der Waals surface area (Å²) in [5.41, 5.74) is 3.05. The van der Waals surface area contributed by atoms with Crippen LogP contribution in [0.3, 0.4) is 0 Å². The molecule has 0 heterocycles.